The van der Waals surface area contributed by atoms with Gasteiger partial charge in [-0.15, -0.1) is 0 Å². The van der Waals surface area contributed by atoms with Crippen molar-refractivity contribution in [1.29, 1.82) is 0 Å². The Morgan fingerprint density at radius 1 is 1.45 bits per heavy atom. The lowest BCUT2D eigenvalue weighted by Gasteiger charge is -2.19. The van der Waals surface area contributed by atoms with Gasteiger partial charge < -0.3 is 9.72 Å². The van der Waals surface area contributed by atoms with E-state index in [0.29, 0.717) is 25.7 Å². The van der Waals surface area contributed by atoms with Crippen molar-refractivity contribution in [1.82, 2.24) is 14.9 Å². The molecule has 2 aromatic rings. The number of carbonyl (C=O) groups is 1. The van der Waals surface area contributed by atoms with Crippen LogP contribution in [0.1, 0.15) is 25.6 Å². The van der Waals surface area contributed by atoms with Gasteiger partial charge in [-0.1, -0.05) is 12.1 Å². The molecule has 0 radical (unpaired) electrons. The van der Waals surface area contributed by atoms with Crippen molar-refractivity contribution in [3.63, 3.8) is 0 Å². The second-order valence-corrected chi connectivity index (χ2v) is 5.14. The summed E-state index contributed by atoms with van der Waals surface area (Å²) in [6.07, 6.45) is 2.30. The molecule has 0 saturated heterocycles. The normalized spacial score (nSPS) is 14.9. The predicted octanol–water partition coefficient (Wildman–Crippen LogP) is 2.09. The molecule has 0 spiro atoms. The molecule has 3 rings (SSSR count). The Labute approximate surface area is 117 Å². The Hall–Kier alpha value is -1.88. The Balaban J connectivity index is 1.70. The van der Waals surface area contributed by atoms with Crippen LogP contribution in [0.5, 0.6) is 0 Å². The Morgan fingerprint density at radius 2 is 2.25 bits per heavy atom. The molecule has 0 unspecified atom stereocenters. The van der Waals surface area contributed by atoms with E-state index in [9.17, 15) is 4.79 Å². The van der Waals surface area contributed by atoms with Crippen molar-refractivity contribution in [3.8, 4) is 0 Å². The van der Waals surface area contributed by atoms with Crippen LogP contribution in [0.15, 0.2) is 24.3 Å². The van der Waals surface area contributed by atoms with Gasteiger partial charge in [0.2, 0.25) is 0 Å². The predicted molar refractivity (Wildman–Crippen MR) is 76.2 cm³/mol. The van der Waals surface area contributed by atoms with Crippen LogP contribution < -0.4 is 0 Å². The van der Waals surface area contributed by atoms with Crippen LogP contribution in [0.4, 0.5) is 0 Å². The standard InChI is InChI=1S/C15H19N3O2/c1-2-20-15(19)10-18(11-7-8-11)9-14-16-12-5-3-4-6-13(12)17-14/h3-6,11H,2,7-10H2,1H3,(H,16,17). The summed E-state index contributed by atoms with van der Waals surface area (Å²) in [6.45, 7) is 3.27. The average molecular weight is 273 g/mol. The van der Waals surface area contributed by atoms with Crippen LogP contribution in [0.3, 0.4) is 0 Å². The Bertz CT molecular complexity index is 571. The number of hydrogen-bond donors (Lipinski definition) is 1. The first-order valence-corrected chi connectivity index (χ1v) is 7.09. The smallest absolute Gasteiger partial charge is 0.320 e. The number of nitrogens with zero attached hydrogens (tertiary/aromatic N) is 2. The number of aromatic nitrogens is 2. The third kappa shape index (κ3) is 2.99. The number of H-pyrrole nitrogens is 1. The number of nitrogens with one attached hydrogen (secondary N) is 1. The second-order valence-electron chi connectivity index (χ2n) is 5.14. The van der Waals surface area contributed by atoms with Gasteiger partial charge in [-0.2, -0.15) is 0 Å². The lowest BCUT2D eigenvalue weighted by Crippen LogP contribution is -2.32. The van der Waals surface area contributed by atoms with E-state index in [-0.39, 0.29) is 5.97 Å². The van der Waals surface area contributed by atoms with Crippen LogP contribution in [-0.4, -0.2) is 40.0 Å². The number of carbonyl (C=O) groups excluding carboxylic acids is 1. The van der Waals surface area contributed by atoms with Crippen LogP contribution in [0.25, 0.3) is 11.0 Å². The number of para-hydroxylation sites is 2. The fourth-order valence-corrected chi connectivity index (χ4v) is 2.40. The van der Waals surface area contributed by atoms with Gasteiger partial charge in [-0.05, 0) is 31.9 Å². The van der Waals surface area contributed by atoms with E-state index in [0.717, 1.165) is 29.7 Å². The number of rotatable bonds is 6. The lowest BCUT2D eigenvalue weighted by atomic mass is 10.3. The molecule has 1 aliphatic rings. The molecule has 20 heavy (non-hydrogen) atoms. The van der Waals surface area contributed by atoms with Crippen LogP contribution in [-0.2, 0) is 16.1 Å². The quantitative estimate of drug-likeness (QED) is 0.819. The second kappa shape index (κ2) is 5.63. The molecule has 5 nitrogen and oxygen atoms in total. The molecule has 1 N–H and O–H groups in total. The number of hydrogen-bond acceptors (Lipinski definition) is 4. The summed E-state index contributed by atoms with van der Waals surface area (Å²) in [5.74, 6) is 0.748. The number of fused-ring (bicyclic) bond motifs is 1. The minimum absolute atomic E-state index is 0.157. The largest absolute Gasteiger partial charge is 0.465 e. The van der Waals surface area contributed by atoms with Gasteiger partial charge in [-0.25, -0.2) is 4.98 Å². The minimum atomic E-state index is -0.157. The third-order valence-electron chi connectivity index (χ3n) is 3.49. The van der Waals surface area contributed by atoms with Gasteiger partial charge in [0.25, 0.3) is 0 Å². The monoisotopic (exact) mass is 273 g/mol. The Morgan fingerprint density at radius 3 is 2.95 bits per heavy atom. The van der Waals surface area contributed by atoms with E-state index in [4.69, 9.17) is 4.74 Å². The first kappa shape index (κ1) is 13.1. The highest BCUT2D eigenvalue weighted by Crippen LogP contribution is 2.28. The highest BCUT2D eigenvalue weighted by Gasteiger charge is 2.31. The molecular weight excluding hydrogens is 254 g/mol. The van der Waals surface area contributed by atoms with Crippen molar-refractivity contribution in [3.05, 3.63) is 30.1 Å². The molecule has 1 aliphatic carbocycles. The van der Waals surface area contributed by atoms with E-state index < -0.39 is 0 Å². The highest BCUT2D eigenvalue weighted by molar-refractivity contribution is 5.74. The number of ether oxygens (including phenoxy) is 1. The zero-order chi connectivity index (χ0) is 13.9. The maximum absolute atomic E-state index is 11.7. The summed E-state index contributed by atoms with van der Waals surface area (Å²) in [4.78, 5) is 21.7. The van der Waals surface area contributed by atoms with Gasteiger partial charge in [-0.3, -0.25) is 9.69 Å². The zero-order valence-electron chi connectivity index (χ0n) is 11.6. The van der Waals surface area contributed by atoms with Crippen molar-refractivity contribution in [2.45, 2.75) is 32.4 Å². The number of aromatic amines is 1. The Kier molecular flexibility index (Phi) is 3.69. The van der Waals surface area contributed by atoms with Crippen molar-refractivity contribution in [2.75, 3.05) is 13.2 Å². The third-order valence-corrected chi connectivity index (χ3v) is 3.49. The zero-order valence-corrected chi connectivity index (χ0v) is 11.6. The molecular formula is C15H19N3O2. The molecule has 106 valence electrons. The van der Waals surface area contributed by atoms with Gasteiger partial charge in [0.1, 0.15) is 5.82 Å². The van der Waals surface area contributed by atoms with Gasteiger partial charge in [0, 0.05) is 6.04 Å². The molecule has 5 heteroatoms. The van der Waals surface area contributed by atoms with Gasteiger partial charge in [0.15, 0.2) is 0 Å². The number of esters is 1. The van der Waals surface area contributed by atoms with Crippen LogP contribution in [0, 0.1) is 0 Å². The van der Waals surface area contributed by atoms with E-state index in [2.05, 4.69) is 14.9 Å². The van der Waals surface area contributed by atoms with Crippen LogP contribution >= 0.6 is 0 Å². The number of benzene rings is 1. The average Bonchev–Trinajstić information content (AvgIpc) is 3.19. The molecule has 1 aromatic heterocycles. The first-order chi connectivity index (χ1) is 9.76. The topological polar surface area (TPSA) is 58.2 Å². The molecule has 0 atom stereocenters. The van der Waals surface area contributed by atoms with E-state index in [1.54, 1.807) is 0 Å². The molecule has 1 fully saturated rings. The fourth-order valence-electron chi connectivity index (χ4n) is 2.40. The summed E-state index contributed by atoms with van der Waals surface area (Å²) in [6, 6.07) is 8.46. The molecule has 1 aromatic carbocycles. The molecule has 1 heterocycles. The summed E-state index contributed by atoms with van der Waals surface area (Å²) in [5.41, 5.74) is 2.00. The van der Waals surface area contributed by atoms with E-state index in [1.165, 1.54) is 0 Å². The summed E-state index contributed by atoms with van der Waals surface area (Å²) < 4.78 is 5.04. The van der Waals surface area contributed by atoms with Crippen molar-refractivity contribution < 1.29 is 9.53 Å². The highest BCUT2D eigenvalue weighted by atomic mass is 16.5. The number of imidazole rings is 1. The van der Waals surface area contributed by atoms with Gasteiger partial charge in [0.05, 0.1) is 30.7 Å². The van der Waals surface area contributed by atoms with E-state index in [1.807, 2.05) is 31.2 Å². The summed E-state index contributed by atoms with van der Waals surface area (Å²) in [5, 5.41) is 0. The van der Waals surface area contributed by atoms with Crippen molar-refractivity contribution in [2.24, 2.45) is 0 Å². The maximum atomic E-state index is 11.7. The molecule has 1 saturated carbocycles. The molecule has 0 bridgehead atoms. The summed E-state index contributed by atoms with van der Waals surface area (Å²) in [7, 11) is 0. The van der Waals surface area contributed by atoms with E-state index >= 15 is 0 Å². The SMILES string of the molecule is CCOC(=O)CN(Cc1nc2ccccc2[nH]1)C1CC1. The van der Waals surface area contributed by atoms with Crippen molar-refractivity contribution >= 4 is 17.0 Å². The fraction of sp³-hybridized carbons (Fsp3) is 0.467. The lowest BCUT2D eigenvalue weighted by molar-refractivity contribution is -0.144. The molecule has 0 amide bonds. The van der Waals surface area contributed by atoms with Crippen LogP contribution in [0.2, 0.25) is 0 Å². The molecule has 0 aliphatic heterocycles. The minimum Gasteiger partial charge on any atom is -0.465 e. The van der Waals surface area contributed by atoms with Gasteiger partial charge >= 0.3 is 5.97 Å². The summed E-state index contributed by atoms with van der Waals surface area (Å²) >= 11 is 0. The maximum Gasteiger partial charge on any atom is 0.320 e. The first-order valence-electron chi connectivity index (χ1n) is 7.09.